The topological polar surface area (TPSA) is 39.2 Å². The van der Waals surface area contributed by atoms with Crippen LogP contribution in [0.4, 0.5) is 4.39 Å². The molecule has 1 aromatic carbocycles. The monoisotopic (exact) mass is 299 g/mol. The maximum atomic E-state index is 13.2. The van der Waals surface area contributed by atoms with Crippen LogP contribution in [0.15, 0.2) is 30.5 Å². The van der Waals surface area contributed by atoms with E-state index in [1.165, 1.54) is 31.5 Å². The van der Waals surface area contributed by atoms with Crippen LogP contribution in [0.5, 0.6) is 5.75 Å². The number of benzene rings is 1. The SMILES string of the molecule is COc1ccc(F)cc1C(=O)c1ncc(Cl)cc1Cl. The number of carbonyl (C=O) groups excluding carboxylic acids is 1. The fraction of sp³-hybridized carbons (Fsp3) is 0.0769. The third kappa shape index (κ3) is 2.85. The van der Waals surface area contributed by atoms with Crippen LogP contribution in [-0.2, 0) is 0 Å². The summed E-state index contributed by atoms with van der Waals surface area (Å²) < 4.78 is 18.3. The highest BCUT2D eigenvalue weighted by atomic mass is 35.5. The first kappa shape index (κ1) is 13.8. The van der Waals surface area contributed by atoms with E-state index in [0.717, 1.165) is 6.07 Å². The Bertz CT molecular complexity index is 647. The molecule has 0 radical (unpaired) electrons. The summed E-state index contributed by atoms with van der Waals surface area (Å²) in [5.41, 5.74) is 0.0502. The van der Waals surface area contributed by atoms with Crippen molar-refractivity contribution in [2.45, 2.75) is 0 Å². The fourth-order valence-electron chi connectivity index (χ4n) is 1.57. The average molecular weight is 300 g/mol. The van der Waals surface area contributed by atoms with Gasteiger partial charge in [-0.25, -0.2) is 9.37 Å². The van der Waals surface area contributed by atoms with Gasteiger partial charge in [0.2, 0.25) is 5.78 Å². The van der Waals surface area contributed by atoms with Crippen LogP contribution < -0.4 is 4.74 Å². The van der Waals surface area contributed by atoms with Crippen LogP contribution in [0.3, 0.4) is 0 Å². The summed E-state index contributed by atoms with van der Waals surface area (Å²) in [6, 6.07) is 5.04. The molecule has 6 heteroatoms. The van der Waals surface area contributed by atoms with Crippen molar-refractivity contribution < 1.29 is 13.9 Å². The third-order valence-corrected chi connectivity index (χ3v) is 2.92. The normalized spacial score (nSPS) is 10.3. The Hall–Kier alpha value is -1.65. The van der Waals surface area contributed by atoms with Crippen molar-refractivity contribution in [3.05, 3.63) is 57.6 Å². The lowest BCUT2D eigenvalue weighted by Crippen LogP contribution is -2.07. The van der Waals surface area contributed by atoms with Crippen LogP contribution in [-0.4, -0.2) is 17.9 Å². The number of methoxy groups -OCH3 is 1. The van der Waals surface area contributed by atoms with Crippen LogP contribution in [0.25, 0.3) is 0 Å². The summed E-state index contributed by atoms with van der Waals surface area (Å²) in [5, 5.41) is 0.413. The molecule has 0 saturated heterocycles. The van der Waals surface area contributed by atoms with Gasteiger partial charge in [0.1, 0.15) is 17.3 Å². The van der Waals surface area contributed by atoms with Gasteiger partial charge in [0.25, 0.3) is 0 Å². The molecular formula is C13H8Cl2FNO2. The van der Waals surface area contributed by atoms with Crippen molar-refractivity contribution in [2.24, 2.45) is 0 Å². The van der Waals surface area contributed by atoms with E-state index in [2.05, 4.69) is 4.98 Å². The molecule has 3 nitrogen and oxygen atoms in total. The number of hydrogen-bond donors (Lipinski definition) is 0. The molecule has 0 N–H and O–H groups in total. The van der Waals surface area contributed by atoms with E-state index < -0.39 is 11.6 Å². The Morgan fingerprint density at radius 3 is 2.68 bits per heavy atom. The summed E-state index contributed by atoms with van der Waals surface area (Å²) in [6.45, 7) is 0. The van der Waals surface area contributed by atoms with E-state index in [4.69, 9.17) is 27.9 Å². The molecular weight excluding hydrogens is 292 g/mol. The van der Waals surface area contributed by atoms with Crippen molar-refractivity contribution in [1.82, 2.24) is 4.98 Å². The highest BCUT2D eigenvalue weighted by Crippen LogP contribution is 2.26. The summed E-state index contributed by atoms with van der Waals surface area (Å²) in [5.74, 6) is -0.827. The number of nitrogens with zero attached hydrogens (tertiary/aromatic N) is 1. The molecule has 0 aliphatic heterocycles. The highest BCUT2D eigenvalue weighted by molar-refractivity contribution is 6.37. The smallest absolute Gasteiger partial charge is 0.216 e. The first-order chi connectivity index (χ1) is 9.02. The quantitative estimate of drug-likeness (QED) is 0.810. The zero-order chi connectivity index (χ0) is 14.0. The van der Waals surface area contributed by atoms with Gasteiger partial charge in [0.05, 0.1) is 22.7 Å². The minimum absolute atomic E-state index is 0.00466. The number of rotatable bonds is 3. The van der Waals surface area contributed by atoms with Crippen molar-refractivity contribution in [2.75, 3.05) is 7.11 Å². The van der Waals surface area contributed by atoms with Gasteiger partial charge in [0.15, 0.2) is 0 Å². The number of ketones is 1. The third-order valence-electron chi connectivity index (χ3n) is 2.43. The molecule has 2 aromatic rings. The molecule has 98 valence electrons. The number of ether oxygens (including phenoxy) is 1. The Morgan fingerprint density at radius 2 is 2.05 bits per heavy atom. The zero-order valence-electron chi connectivity index (χ0n) is 9.78. The minimum atomic E-state index is -0.547. The molecule has 2 rings (SSSR count). The Balaban J connectivity index is 2.52. The van der Waals surface area contributed by atoms with Gasteiger partial charge in [-0.15, -0.1) is 0 Å². The van der Waals surface area contributed by atoms with Crippen LogP contribution in [0.1, 0.15) is 16.1 Å². The predicted molar refractivity (Wildman–Crippen MR) is 70.6 cm³/mol. The number of pyridine rings is 1. The molecule has 0 unspecified atom stereocenters. The molecule has 0 amide bonds. The molecule has 0 aliphatic carbocycles. The molecule has 0 aliphatic rings. The molecule has 0 saturated carbocycles. The van der Waals surface area contributed by atoms with E-state index >= 15 is 0 Å². The van der Waals surface area contributed by atoms with Crippen LogP contribution in [0.2, 0.25) is 10.0 Å². The Labute approximate surface area is 118 Å². The lowest BCUT2D eigenvalue weighted by molar-refractivity contribution is 0.103. The summed E-state index contributed by atoms with van der Waals surface area (Å²) >= 11 is 11.6. The fourth-order valence-corrected chi connectivity index (χ4v) is 2.03. The van der Waals surface area contributed by atoms with E-state index in [1.807, 2.05) is 0 Å². The number of aromatic nitrogens is 1. The summed E-state index contributed by atoms with van der Waals surface area (Å²) in [4.78, 5) is 16.1. The first-order valence-electron chi connectivity index (χ1n) is 5.22. The number of hydrogen-bond acceptors (Lipinski definition) is 3. The standard InChI is InChI=1S/C13H8Cl2FNO2/c1-19-11-3-2-8(16)5-9(11)13(18)12-10(15)4-7(14)6-17-12/h2-6H,1H3. The van der Waals surface area contributed by atoms with Gasteiger partial charge in [-0.2, -0.15) is 0 Å². The van der Waals surface area contributed by atoms with Crippen molar-refractivity contribution >= 4 is 29.0 Å². The Kier molecular flexibility index (Phi) is 4.02. The molecule has 0 spiro atoms. The molecule has 0 bridgehead atoms. The van der Waals surface area contributed by atoms with Crippen molar-refractivity contribution in [3.63, 3.8) is 0 Å². The molecule has 1 aromatic heterocycles. The second-order valence-corrected chi connectivity index (χ2v) is 4.50. The van der Waals surface area contributed by atoms with Crippen LogP contribution >= 0.6 is 23.2 Å². The minimum Gasteiger partial charge on any atom is -0.496 e. The molecule has 0 fully saturated rings. The van der Waals surface area contributed by atoms with Crippen LogP contribution in [0, 0.1) is 5.82 Å². The molecule has 1 heterocycles. The van der Waals surface area contributed by atoms with Gasteiger partial charge in [0, 0.05) is 6.20 Å². The summed E-state index contributed by atoms with van der Waals surface area (Å²) in [7, 11) is 1.39. The second-order valence-electron chi connectivity index (χ2n) is 3.66. The van der Waals surface area contributed by atoms with Crippen molar-refractivity contribution in [3.8, 4) is 5.75 Å². The lowest BCUT2D eigenvalue weighted by atomic mass is 10.1. The highest BCUT2D eigenvalue weighted by Gasteiger charge is 2.19. The van der Waals surface area contributed by atoms with E-state index in [1.54, 1.807) is 0 Å². The number of halogens is 3. The maximum absolute atomic E-state index is 13.2. The van der Waals surface area contributed by atoms with E-state index in [-0.39, 0.29) is 22.0 Å². The van der Waals surface area contributed by atoms with E-state index in [9.17, 15) is 9.18 Å². The maximum Gasteiger partial charge on any atom is 0.216 e. The molecule has 0 atom stereocenters. The van der Waals surface area contributed by atoms with Gasteiger partial charge in [-0.1, -0.05) is 23.2 Å². The molecule has 19 heavy (non-hydrogen) atoms. The van der Waals surface area contributed by atoms with Gasteiger partial charge >= 0.3 is 0 Å². The largest absolute Gasteiger partial charge is 0.496 e. The zero-order valence-corrected chi connectivity index (χ0v) is 11.3. The first-order valence-corrected chi connectivity index (χ1v) is 5.98. The van der Waals surface area contributed by atoms with E-state index in [0.29, 0.717) is 5.02 Å². The average Bonchev–Trinajstić information content (AvgIpc) is 2.38. The second kappa shape index (κ2) is 5.55. The predicted octanol–water partition coefficient (Wildman–Crippen LogP) is 3.77. The summed E-state index contributed by atoms with van der Waals surface area (Å²) in [6.07, 6.45) is 1.30. The van der Waals surface area contributed by atoms with Gasteiger partial charge in [-0.05, 0) is 24.3 Å². The van der Waals surface area contributed by atoms with Gasteiger partial charge < -0.3 is 4.74 Å². The lowest BCUT2D eigenvalue weighted by Gasteiger charge is -2.08. The van der Waals surface area contributed by atoms with Crippen molar-refractivity contribution in [1.29, 1.82) is 0 Å². The Morgan fingerprint density at radius 1 is 1.32 bits per heavy atom. The van der Waals surface area contributed by atoms with Gasteiger partial charge in [-0.3, -0.25) is 4.79 Å². The number of carbonyl (C=O) groups is 1.